The number of sulfonamides is 1. The summed E-state index contributed by atoms with van der Waals surface area (Å²) in [7, 11) is -3.32. The summed E-state index contributed by atoms with van der Waals surface area (Å²) >= 11 is 0. The van der Waals surface area contributed by atoms with Crippen LogP contribution in [0, 0.1) is 0 Å². The second-order valence-corrected chi connectivity index (χ2v) is 7.51. The molecule has 2 rings (SSSR count). The molecular weight excluding hydrogens is 378 g/mol. The maximum absolute atomic E-state index is 12.6. The number of carbonyl (C=O) groups is 1. The molecule has 3 N–H and O–H groups in total. The van der Waals surface area contributed by atoms with Gasteiger partial charge in [0.1, 0.15) is 5.76 Å². The summed E-state index contributed by atoms with van der Waals surface area (Å²) in [6.07, 6.45) is 1.78. The van der Waals surface area contributed by atoms with Gasteiger partial charge >= 0.3 is 0 Å². The van der Waals surface area contributed by atoms with Gasteiger partial charge in [0.2, 0.25) is 10.0 Å². The lowest BCUT2D eigenvalue weighted by Gasteiger charge is -2.21. The van der Waals surface area contributed by atoms with E-state index >= 15 is 0 Å². The monoisotopic (exact) mass is 401 g/mol. The van der Waals surface area contributed by atoms with Gasteiger partial charge < -0.3 is 15.1 Å². The molecule has 0 bridgehead atoms. The number of nitrogens with zero attached hydrogens (tertiary/aromatic N) is 1. The molecule has 26 heavy (non-hydrogen) atoms. The third-order valence-electron chi connectivity index (χ3n) is 3.58. The Balaban J connectivity index is 0.00000338. The molecule has 1 amide bonds. The molecule has 1 aromatic heterocycles. The normalized spacial score (nSPS) is 11.0. The largest absolute Gasteiger partial charge is 0.455 e. The fraction of sp³-hybridized carbons (Fsp3) is 0.353. The SMILES string of the molecule is CS(=O)(=O)NCc1ccc(C(=O)N(CCN)CCc2ccccc2)o1.Cl. The first-order valence-electron chi connectivity index (χ1n) is 7.95. The third kappa shape index (κ3) is 7.17. The molecule has 7 nitrogen and oxygen atoms in total. The fourth-order valence-electron chi connectivity index (χ4n) is 2.33. The van der Waals surface area contributed by atoms with Crippen LogP contribution in [0.4, 0.5) is 0 Å². The lowest BCUT2D eigenvalue weighted by Crippen LogP contribution is -2.36. The predicted molar refractivity (Wildman–Crippen MR) is 103 cm³/mol. The lowest BCUT2D eigenvalue weighted by atomic mass is 10.1. The second kappa shape index (κ2) is 10.3. The van der Waals surface area contributed by atoms with E-state index in [2.05, 4.69) is 4.72 Å². The Bertz CT molecular complexity index is 793. The Hall–Kier alpha value is -1.87. The molecular formula is C17H24ClN3O4S. The molecule has 2 aromatic rings. The van der Waals surface area contributed by atoms with Crippen molar-refractivity contribution in [1.29, 1.82) is 0 Å². The van der Waals surface area contributed by atoms with Gasteiger partial charge in [0.25, 0.3) is 5.91 Å². The highest BCUT2D eigenvalue weighted by atomic mass is 35.5. The number of carbonyl (C=O) groups excluding carboxylic acids is 1. The maximum atomic E-state index is 12.6. The van der Waals surface area contributed by atoms with E-state index in [1.165, 1.54) is 0 Å². The molecule has 0 aliphatic rings. The van der Waals surface area contributed by atoms with Crippen LogP contribution in [0.25, 0.3) is 0 Å². The first-order valence-corrected chi connectivity index (χ1v) is 9.85. The van der Waals surface area contributed by atoms with E-state index in [0.717, 1.165) is 18.2 Å². The van der Waals surface area contributed by atoms with Crippen molar-refractivity contribution in [3.8, 4) is 0 Å². The van der Waals surface area contributed by atoms with Gasteiger partial charge in [0.05, 0.1) is 12.8 Å². The van der Waals surface area contributed by atoms with Crippen molar-refractivity contribution >= 4 is 28.3 Å². The molecule has 144 valence electrons. The van der Waals surface area contributed by atoms with Crippen LogP contribution in [0.3, 0.4) is 0 Å². The van der Waals surface area contributed by atoms with Crippen LogP contribution in [0.15, 0.2) is 46.9 Å². The van der Waals surface area contributed by atoms with Crippen LogP contribution < -0.4 is 10.5 Å². The first kappa shape index (κ1) is 22.2. The second-order valence-electron chi connectivity index (χ2n) is 5.68. The molecule has 0 atom stereocenters. The van der Waals surface area contributed by atoms with E-state index < -0.39 is 10.0 Å². The number of benzene rings is 1. The zero-order valence-electron chi connectivity index (χ0n) is 14.6. The minimum absolute atomic E-state index is 0. The summed E-state index contributed by atoms with van der Waals surface area (Å²) in [6.45, 7) is 1.30. The highest BCUT2D eigenvalue weighted by Crippen LogP contribution is 2.12. The van der Waals surface area contributed by atoms with Gasteiger partial charge in [0.15, 0.2) is 5.76 Å². The van der Waals surface area contributed by atoms with E-state index in [1.807, 2.05) is 30.3 Å². The van der Waals surface area contributed by atoms with E-state index in [4.69, 9.17) is 10.2 Å². The van der Waals surface area contributed by atoms with Crippen LogP contribution in [0.2, 0.25) is 0 Å². The molecule has 0 saturated carbocycles. The van der Waals surface area contributed by atoms with Crippen molar-refractivity contribution in [2.24, 2.45) is 5.73 Å². The molecule has 1 heterocycles. The third-order valence-corrected chi connectivity index (χ3v) is 4.25. The Labute approximate surface area is 160 Å². The number of hydrogen-bond donors (Lipinski definition) is 2. The molecule has 1 aromatic carbocycles. The zero-order chi connectivity index (χ0) is 18.3. The van der Waals surface area contributed by atoms with E-state index in [0.29, 0.717) is 25.4 Å². The Kier molecular flexibility index (Phi) is 8.80. The minimum Gasteiger partial charge on any atom is -0.455 e. The summed E-state index contributed by atoms with van der Waals surface area (Å²) in [5, 5.41) is 0. The lowest BCUT2D eigenvalue weighted by molar-refractivity contribution is 0.0728. The van der Waals surface area contributed by atoms with Crippen molar-refractivity contribution in [3.63, 3.8) is 0 Å². The van der Waals surface area contributed by atoms with Gasteiger partial charge in [0, 0.05) is 19.6 Å². The molecule has 0 fully saturated rings. The molecule has 0 aliphatic heterocycles. The van der Waals surface area contributed by atoms with Gasteiger partial charge in [-0.1, -0.05) is 30.3 Å². The van der Waals surface area contributed by atoms with E-state index in [9.17, 15) is 13.2 Å². The average molecular weight is 402 g/mol. The molecule has 0 spiro atoms. The maximum Gasteiger partial charge on any atom is 0.289 e. The average Bonchev–Trinajstić information content (AvgIpc) is 3.05. The van der Waals surface area contributed by atoms with Gasteiger partial charge in [-0.15, -0.1) is 12.4 Å². The predicted octanol–water partition coefficient (Wildman–Crippen LogP) is 1.39. The Morgan fingerprint density at radius 2 is 1.85 bits per heavy atom. The summed E-state index contributed by atoms with van der Waals surface area (Å²) in [6, 6.07) is 13.0. The molecule has 0 saturated heterocycles. The molecule has 0 unspecified atom stereocenters. The number of nitrogens with one attached hydrogen (secondary N) is 1. The highest BCUT2D eigenvalue weighted by molar-refractivity contribution is 7.88. The number of furan rings is 1. The smallest absolute Gasteiger partial charge is 0.289 e. The Morgan fingerprint density at radius 3 is 2.46 bits per heavy atom. The number of amides is 1. The van der Waals surface area contributed by atoms with Crippen LogP contribution in [0.5, 0.6) is 0 Å². The molecule has 0 aliphatic carbocycles. The van der Waals surface area contributed by atoms with E-state index in [1.54, 1.807) is 17.0 Å². The summed E-state index contributed by atoms with van der Waals surface area (Å²) in [5.74, 6) is 0.295. The standard InChI is InChI=1S/C17H23N3O4S.ClH/c1-25(22,23)19-13-15-7-8-16(24-15)17(21)20(12-10-18)11-9-14-5-3-2-4-6-14;/h2-8,19H,9-13,18H2,1H3;1H. The van der Waals surface area contributed by atoms with Crippen molar-refractivity contribution in [2.45, 2.75) is 13.0 Å². The number of halogens is 1. The van der Waals surface area contributed by atoms with Crippen molar-refractivity contribution < 1.29 is 17.6 Å². The van der Waals surface area contributed by atoms with Gasteiger partial charge in [-0.2, -0.15) is 0 Å². The topological polar surface area (TPSA) is 106 Å². The minimum atomic E-state index is -3.32. The molecule has 9 heteroatoms. The van der Waals surface area contributed by atoms with Crippen LogP contribution in [-0.2, 0) is 23.0 Å². The summed E-state index contributed by atoms with van der Waals surface area (Å²) in [4.78, 5) is 14.2. The molecule has 0 radical (unpaired) electrons. The van der Waals surface area contributed by atoms with Gasteiger partial charge in [-0.25, -0.2) is 13.1 Å². The van der Waals surface area contributed by atoms with Gasteiger partial charge in [-0.05, 0) is 24.1 Å². The van der Waals surface area contributed by atoms with Crippen molar-refractivity contribution in [2.75, 3.05) is 25.9 Å². The highest BCUT2D eigenvalue weighted by Gasteiger charge is 2.19. The fourth-order valence-corrected chi connectivity index (χ4v) is 2.73. The van der Waals surface area contributed by atoms with Crippen molar-refractivity contribution in [3.05, 3.63) is 59.5 Å². The number of nitrogens with two attached hydrogens (primary N) is 1. The Morgan fingerprint density at radius 1 is 1.15 bits per heavy atom. The number of rotatable bonds is 9. The quantitative estimate of drug-likeness (QED) is 0.660. The van der Waals surface area contributed by atoms with Crippen LogP contribution in [-0.4, -0.2) is 45.1 Å². The zero-order valence-corrected chi connectivity index (χ0v) is 16.2. The van der Waals surface area contributed by atoms with Crippen molar-refractivity contribution in [1.82, 2.24) is 9.62 Å². The van der Waals surface area contributed by atoms with Crippen LogP contribution >= 0.6 is 12.4 Å². The van der Waals surface area contributed by atoms with Gasteiger partial charge in [-0.3, -0.25) is 4.79 Å². The summed E-state index contributed by atoms with van der Waals surface area (Å²) < 4.78 is 30.0. The number of hydrogen-bond acceptors (Lipinski definition) is 5. The summed E-state index contributed by atoms with van der Waals surface area (Å²) in [5.41, 5.74) is 6.75. The van der Waals surface area contributed by atoms with E-state index in [-0.39, 0.29) is 30.6 Å². The first-order chi connectivity index (χ1) is 11.9. The van der Waals surface area contributed by atoms with Crippen LogP contribution in [0.1, 0.15) is 21.9 Å².